The topological polar surface area (TPSA) is 89.4 Å². The lowest BCUT2D eigenvalue weighted by atomic mass is 10.1. The van der Waals surface area contributed by atoms with Crippen LogP contribution >= 0.6 is 0 Å². The molecule has 1 saturated heterocycles. The van der Waals surface area contributed by atoms with Crippen LogP contribution in [-0.2, 0) is 10.0 Å². The minimum atomic E-state index is -3.73. The van der Waals surface area contributed by atoms with Gasteiger partial charge in [0.1, 0.15) is 0 Å². The van der Waals surface area contributed by atoms with Gasteiger partial charge in [0.25, 0.3) is 0 Å². The summed E-state index contributed by atoms with van der Waals surface area (Å²) in [5.74, 6) is 0. The van der Waals surface area contributed by atoms with E-state index in [1.807, 2.05) is 6.07 Å². The largest absolute Gasteiger partial charge is 0.399 e. The van der Waals surface area contributed by atoms with E-state index >= 15 is 0 Å². The van der Waals surface area contributed by atoms with Gasteiger partial charge in [-0.25, -0.2) is 13.6 Å². The zero-order chi connectivity index (χ0) is 13.5. The van der Waals surface area contributed by atoms with E-state index in [9.17, 15) is 8.42 Å². The monoisotopic (exact) mass is 269 g/mol. The molecule has 1 atom stereocenters. The number of rotatable bonds is 2. The number of nitrogens with zero attached hydrogens (tertiary/aromatic N) is 1. The lowest BCUT2D eigenvalue weighted by molar-refractivity contribution is 0.597. The van der Waals surface area contributed by atoms with Crippen molar-refractivity contribution < 1.29 is 8.42 Å². The highest BCUT2D eigenvalue weighted by atomic mass is 32.2. The van der Waals surface area contributed by atoms with E-state index in [4.69, 9.17) is 10.9 Å². The van der Waals surface area contributed by atoms with E-state index in [-0.39, 0.29) is 4.90 Å². The lowest BCUT2D eigenvalue weighted by Crippen LogP contribution is -2.28. The highest BCUT2D eigenvalue weighted by Gasteiger charge is 2.25. The number of benzene rings is 1. The second kappa shape index (κ2) is 4.44. The average molecular weight is 269 g/mol. The van der Waals surface area contributed by atoms with Gasteiger partial charge in [0, 0.05) is 24.0 Å². The van der Waals surface area contributed by atoms with Gasteiger partial charge < -0.3 is 10.6 Å². The molecule has 0 bridgehead atoms. The lowest BCUT2D eigenvalue weighted by Gasteiger charge is -2.27. The molecular formula is C12H19N3O2S. The standard InChI is InChI=1S/C12H19N3O2S/c1-8-4-3-5-15(8)11-6-10(13)7-12(9(11)2)18(14,16)17/h6-8H,3-5,13H2,1-2H3,(H2,14,16,17). The number of nitrogens with two attached hydrogens (primary N) is 2. The summed E-state index contributed by atoms with van der Waals surface area (Å²) >= 11 is 0. The number of primary sulfonamides is 1. The van der Waals surface area contributed by atoms with Crippen LogP contribution < -0.4 is 15.8 Å². The maximum absolute atomic E-state index is 11.6. The maximum atomic E-state index is 11.6. The number of sulfonamides is 1. The first kappa shape index (κ1) is 13.2. The van der Waals surface area contributed by atoms with Gasteiger partial charge in [-0.05, 0) is 44.4 Å². The van der Waals surface area contributed by atoms with Crippen LogP contribution in [0.1, 0.15) is 25.3 Å². The van der Waals surface area contributed by atoms with Crippen LogP contribution in [0, 0.1) is 6.92 Å². The molecule has 1 aromatic rings. The minimum absolute atomic E-state index is 0.122. The second-order valence-electron chi connectivity index (χ2n) is 4.89. The van der Waals surface area contributed by atoms with Gasteiger partial charge in [0.15, 0.2) is 0 Å². The third-order valence-electron chi connectivity index (χ3n) is 3.52. The minimum Gasteiger partial charge on any atom is -0.399 e. The quantitative estimate of drug-likeness (QED) is 0.790. The summed E-state index contributed by atoms with van der Waals surface area (Å²) in [7, 11) is -3.73. The van der Waals surface area contributed by atoms with Gasteiger partial charge >= 0.3 is 0 Å². The molecule has 4 N–H and O–H groups in total. The molecule has 0 amide bonds. The van der Waals surface area contributed by atoms with Crippen molar-refractivity contribution in [1.29, 1.82) is 0 Å². The molecule has 1 unspecified atom stereocenters. The average Bonchev–Trinajstić information content (AvgIpc) is 2.66. The normalized spacial score (nSPS) is 20.4. The molecule has 1 aliphatic rings. The van der Waals surface area contributed by atoms with Crippen molar-refractivity contribution in [3.05, 3.63) is 17.7 Å². The fourth-order valence-electron chi connectivity index (χ4n) is 2.58. The van der Waals surface area contributed by atoms with E-state index in [1.54, 1.807) is 6.92 Å². The van der Waals surface area contributed by atoms with E-state index in [0.717, 1.165) is 25.1 Å². The van der Waals surface area contributed by atoms with Crippen LogP contribution in [0.3, 0.4) is 0 Å². The molecule has 0 aliphatic carbocycles. The van der Waals surface area contributed by atoms with Crippen LogP contribution in [0.5, 0.6) is 0 Å². The molecule has 6 heteroatoms. The van der Waals surface area contributed by atoms with Crippen LogP contribution in [0.4, 0.5) is 11.4 Å². The van der Waals surface area contributed by atoms with Gasteiger partial charge in [-0.15, -0.1) is 0 Å². The summed E-state index contributed by atoms with van der Waals surface area (Å²) < 4.78 is 23.1. The smallest absolute Gasteiger partial charge is 0.238 e. The highest BCUT2D eigenvalue weighted by Crippen LogP contribution is 2.33. The third-order valence-corrected chi connectivity index (χ3v) is 4.56. The number of nitrogen functional groups attached to an aromatic ring is 1. The Hall–Kier alpha value is -1.27. The van der Waals surface area contributed by atoms with Crippen LogP contribution in [0.25, 0.3) is 0 Å². The molecule has 1 aliphatic heterocycles. The molecule has 100 valence electrons. The van der Waals surface area contributed by atoms with Crippen LogP contribution in [0.15, 0.2) is 17.0 Å². The van der Waals surface area contributed by atoms with Gasteiger partial charge in [0.05, 0.1) is 4.90 Å². The molecule has 1 aromatic carbocycles. The first-order chi connectivity index (χ1) is 8.30. The molecular weight excluding hydrogens is 250 g/mol. The zero-order valence-electron chi connectivity index (χ0n) is 10.7. The fourth-order valence-corrected chi connectivity index (χ4v) is 3.41. The summed E-state index contributed by atoms with van der Waals surface area (Å²) in [6.07, 6.45) is 2.22. The Morgan fingerprint density at radius 1 is 1.39 bits per heavy atom. The molecule has 0 saturated carbocycles. The zero-order valence-corrected chi connectivity index (χ0v) is 11.5. The van der Waals surface area contributed by atoms with E-state index < -0.39 is 10.0 Å². The van der Waals surface area contributed by atoms with Crippen molar-refractivity contribution >= 4 is 21.4 Å². The van der Waals surface area contributed by atoms with Crippen molar-refractivity contribution in [1.82, 2.24) is 0 Å². The number of hydrogen-bond donors (Lipinski definition) is 2. The Morgan fingerprint density at radius 2 is 2.06 bits per heavy atom. The second-order valence-corrected chi connectivity index (χ2v) is 6.42. The van der Waals surface area contributed by atoms with Gasteiger partial charge in [-0.1, -0.05) is 0 Å². The Bertz CT molecular complexity index is 569. The Kier molecular flexibility index (Phi) is 3.25. The molecule has 18 heavy (non-hydrogen) atoms. The highest BCUT2D eigenvalue weighted by molar-refractivity contribution is 7.89. The maximum Gasteiger partial charge on any atom is 0.238 e. The summed E-state index contributed by atoms with van der Waals surface area (Å²) in [5.41, 5.74) is 7.78. The van der Waals surface area contributed by atoms with Gasteiger partial charge in [0.2, 0.25) is 10.0 Å². The van der Waals surface area contributed by atoms with Crippen LogP contribution in [-0.4, -0.2) is 21.0 Å². The van der Waals surface area contributed by atoms with Crippen molar-refractivity contribution in [2.45, 2.75) is 37.6 Å². The molecule has 1 fully saturated rings. The Morgan fingerprint density at radius 3 is 2.56 bits per heavy atom. The number of hydrogen-bond acceptors (Lipinski definition) is 4. The molecule has 0 spiro atoms. The molecule has 5 nitrogen and oxygen atoms in total. The number of anilines is 2. The van der Waals surface area contributed by atoms with E-state index in [1.165, 1.54) is 6.07 Å². The predicted octanol–water partition coefficient (Wildman–Crippen LogP) is 1.21. The van der Waals surface area contributed by atoms with Crippen LogP contribution in [0.2, 0.25) is 0 Å². The molecule has 0 radical (unpaired) electrons. The summed E-state index contributed by atoms with van der Waals surface area (Å²) in [5, 5.41) is 5.23. The predicted molar refractivity (Wildman–Crippen MR) is 73.0 cm³/mol. The summed E-state index contributed by atoms with van der Waals surface area (Å²) in [6, 6.07) is 3.65. The first-order valence-corrected chi connectivity index (χ1v) is 7.55. The molecule has 1 heterocycles. The summed E-state index contributed by atoms with van der Waals surface area (Å²) in [6.45, 7) is 4.83. The molecule has 2 rings (SSSR count). The van der Waals surface area contributed by atoms with Crippen molar-refractivity contribution in [3.8, 4) is 0 Å². The van der Waals surface area contributed by atoms with Crippen molar-refractivity contribution in [3.63, 3.8) is 0 Å². The van der Waals surface area contributed by atoms with Crippen molar-refractivity contribution in [2.24, 2.45) is 5.14 Å². The molecule has 0 aromatic heterocycles. The Balaban J connectivity index is 2.58. The first-order valence-electron chi connectivity index (χ1n) is 6.00. The fraction of sp³-hybridized carbons (Fsp3) is 0.500. The van der Waals surface area contributed by atoms with Gasteiger partial charge in [-0.3, -0.25) is 0 Å². The summed E-state index contributed by atoms with van der Waals surface area (Å²) in [4.78, 5) is 2.32. The van der Waals surface area contributed by atoms with E-state index in [0.29, 0.717) is 17.3 Å². The Labute approximate surface area is 108 Å². The van der Waals surface area contributed by atoms with Gasteiger partial charge in [-0.2, -0.15) is 0 Å². The third kappa shape index (κ3) is 2.30. The van der Waals surface area contributed by atoms with Crippen molar-refractivity contribution in [2.75, 3.05) is 17.2 Å². The SMILES string of the molecule is Cc1c(N2CCCC2C)cc(N)cc1S(N)(=O)=O. The van der Waals surface area contributed by atoms with E-state index in [2.05, 4.69) is 11.8 Å².